The van der Waals surface area contributed by atoms with Gasteiger partial charge in [-0.05, 0) is 24.3 Å². The molecule has 2 heterocycles. The fraction of sp³-hybridized carbons (Fsp3) is 0.182. The SMILES string of the molecule is COc1cc(NC(=O)CSc2nnc3ccc(-c4ccccc4OC)nn23)cc(OC)c1. The third-order valence-electron chi connectivity index (χ3n) is 4.58. The third-order valence-corrected chi connectivity index (χ3v) is 5.50. The van der Waals surface area contributed by atoms with Crippen molar-refractivity contribution in [1.29, 1.82) is 0 Å². The molecule has 1 amide bonds. The number of hydrogen-bond donors (Lipinski definition) is 1. The predicted molar refractivity (Wildman–Crippen MR) is 122 cm³/mol. The van der Waals surface area contributed by atoms with E-state index in [4.69, 9.17) is 14.2 Å². The highest BCUT2D eigenvalue weighted by Crippen LogP contribution is 2.29. The number of para-hydroxylation sites is 1. The average Bonchev–Trinajstić information content (AvgIpc) is 3.24. The fourth-order valence-corrected chi connectivity index (χ4v) is 3.75. The Morgan fingerprint density at radius 3 is 2.44 bits per heavy atom. The van der Waals surface area contributed by atoms with E-state index in [2.05, 4.69) is 20.6 Å². The molecule has 0 saturated carbocycles. The minimum Gasteiger partial charge on any atom is -0.497 e. The van der Waals surface area contributed by atoms with Crippen LogP contribution in [-0.4, -0.2) is 52.8 Å². The van der Waals surface area contributed by atoms with Gasteiger partial charge in [0, 0.05) is 29.4 Å². The molecular weight excluding hydrogens is 430 g/mol. The van der Waals surface area contributed by atoms with Crippen LogP contribution >= 0.6 is 11.8 Å². The van der Waals surface area contributed by atoms with Crippen molar-refractivity contribution in [3.63, 3.8) is 0 Å². The standard InChI is InChI=1S/C22H21N5O4S/c1-29-15-10-14(11-16(12-15)30-2)23-21(28)13-32-22-25-24-20-9-8-18(26-27(20)22)17-6-4-5-7-19(17)31-3/h4-12H,13H2,1-3H3,(H,23,28). The highest BCUT2D eigenvalue weighted by molar-refractivity contribution is 7.99. The minimum atomic E-state index is -0.206. The Hall–Kier alpha value is -3.79. The quantitative estimate of drug-likeness (QED) is 0.406. The Balaban J connectivity index is 1.51. The molecule has 10 heteroatoms. The van der Waals surface area contributed by atoms with Crippen LogP contribution in [0.3, 0.4) is 0 Å². The number of amides is 1. The van der Waals surface area contributed by atoms with Crippen molar-refractivity contribution in [3.05, 3.63) is 54.6 Å². The molecule has 0 aliphatic heterocycles. The maximum atomic E-state index is 12.5. The number of fused-ring (bicyclic) bond motifs is 1. The van der Waals surface area contributed by atoms with E-state index < -0.39 is 0 Å². The van der Waals surface area contributed by atoms with Crippen molar-refractivity contribution in [2.24, 2.45) is 0 Å². The summed E-state index contributed by atoms with van der Waals surface area (Å²) in [5.41, 5.74) is 2.73. The van der Waals surface area contributed by atoms with Gasteiger partial charge in [-0.1, -0.05) is 23.9 Å². The largest absolute Gasteiger partial charge is 0.497 e. The number of methoxy groups -OCH3 is 3. The summed E-state index contributed by atoms with van der Waals surface area (Å²) in [6.45, 7) is 0. The van der Waals surface area contributed by atoms with Gasteiger partial charge in [-0.25, -0.2) is 0 Å². The van der Waals surface area contributed by atoms with E-state index in [-0.39, 0.29) is 11.7 Å². The van der Waals surface area contributed by atoms with E-state index in [0.717, 1.165) is 11.3 Å². The lowest BCUT2D eigenvalue weighted by molar-refractivity contribution is -0.113. The maximum absolute atomic E-state index is 12.5. The molecular formula is C22H21N5O4S. The molecule has 2 aromatic carbocycles. The average molecular weight is 452 g/mol. The maximum Gasteiger partial charge on any atom is 0.234 e. The Morgan fingerprint density at radius 1 is 0.969 bits per heavy atom. The van der Waals surface area contributed by atoms with Gasteiger partial charge in [0.15, 0.2) is 5.65 Å². The molecule has 2 aromatic heterocycles. The van der Waals surface area contributed by atoms with E-state index in [0.29, 0.717) is 33.7 Å². The van der Waals surface area contributed by atoms with Crippen LogP contribution in [0.15, 0.2) is 59.8 Å². The van der Waals surface area contributed by atoms with Gasteiger partial charge >= 0.3 is 0 Å². The van der Waals surface area contributed by atoms with Gasteiger partial charge in [0.05, 0.1) is 32.8 Å². The van der Waals surface area contributed by atoms with Crippen molar-refractivity contribution in [2.45, 2.75) is 5.16 Å². The predicted octanol–water partition coefficient (Wildman–Crippen LogP) is 3.55. The summed E-state index contributed by atoms with van der Waals surface area (Å²) < 4.78 is 17.5. The van der Waals surface area contributed by atoms with Crippen LogP contribution in [0.2, 0.25) is 0 Å². The number of nitrogens with zero attached hydrogens (tertiary/aromatic N) is 4. The number of anilines is 1. The smallest absolute Gasteiger partial charge is 0.234 e. The van der Waals surface area contributed by atoms with Gasteiger partial charge < -0.3 is 19.5 Å². The third kappa shape index (κ3) is 4.59. The number of benzene rings is 2. The number of rotatable bonds is 8. The molecule has 0 unspecified atom stereocenters. The fourth-order valence-electron chi connectivity index (χ4n) is 3.07. The lowest BCUT2D eigenvalue weighted by Gasteiger charge is -2.10. The molecule has 0 bridgehead atoms. The van der Waals surface area contributed by atoms with Crippen molar-refractivity contribution in [1.82, 2.24) is 19.8 Å². The highest BCUT2D eigenvalue weighted by atomic mass is 32.2. The zero-order chi connectivity index (χ0) is 22.5. The van der Waals surface area contributed by atoms with Gasteiger partial charge in [0.2, 0.25) is 11.1 Å². The molecule has 32 heavy (non-hydrogen) atoms. The summed E-state index contributed by atoms with van der Waals surface area (Å²) >= 11 is 1.24. The highest BCUT2D eigenvalue weighted by Gasteiger charge is 2.14. The van der Waals surface area contributed by atoms with E-state index >= 15 is 0 Å². The molecule has 1 N–H and O–H groups in total. The van der Waals surface area contributed by atoms with Gasteiger partial charge in [0.1, 0.15) is 17.2 Å². The molecule has 0 spiro atoms. The summed E-state index contributed by atoms with van der Waals surface area (Å²) in [5, 5.41) is 16.3. The molecule has 164 valence electrons. The first-order valence-corrected chi connectivity index (χ1v) is 10.6. The van der Waals surface area contributed by atoms with E-state index in [1.807, 2.05) is 36.4 Å². The van der Waals surface area contributed by atoms with Crippen LogP contribution in [0, 0.1) is 0 Å². The molecule has 4 rings (SSSR count). The summed E-state index contributed by atoms with van der Waals surface area (Å²) in [6.07, 6.45) is 0. The van der Waals surface area contributed by atoms with Crippen molar-refractivity contribution in [3.8, 4) is 28.5 Å². The lowest BCUT2D eigenvalue weighted by atomic mass is 10.1. The number of aromatic nitrogens is 4. The van der Waals surface area contributed by atoms with Crippen LogP contribution in [-0.2, 0) is 4.79 Å². The monoisotopic (exact) mass is 451 g/mol. The Bertz CT molecular complexity index is 1240. The normalized spacial score (nSPS) is 10.7. The molecule has 0 aliphatic carbocycles. The van der Waals surface area contributed by atoms with E-state index in [1.165, 1.54) is 11.8 Å². The lowest BCUT2D eigenvalue weighted by Crippen LogP contribution is -2.14. The van der Waals surface area contributed by atoms with Crippen LogP contribution in [0.25, 0.3) is 16.9 Å². The topological polar surface area (TPSA) is 99.9 Å². The number of carbonyl (C=O) groups excluding carboxylic acids is 1. The van der Waals surface area contributed by atoms with Gasteiger partial charge in [-0.15, -0.1) is 10.2 Å². The van der Waals surface area contributed by atoms with Gasteiger partial charge in [-0.2, -0.15) is 9.61 Å². The number of nitrogens with one attached hydrogen (secondary N) is 1. The first-order chi connectivity index (χ1) is 15.6. The second kappa shape index (κ2) is 9.56. The second-order valence-electron chi connectivity index (χ2n) is 6.61. The zero-order valence-electron chi connectivity index (χ0n) is 17.7. The van der Waals surface area contributed by atoms with Crippen LogP contribution in [0.1, 0.15) is 0 Å². The number of ether oxygens (including phenoxy) is 3. The van der Waals surface area contributed by atoms with Crippen LogP contribution in [0.4, 0.5) is 5.69 Å². The molecule has 0 radical (unpaired) electrons. The number of hydrogen-bond acceptors (Lipinski definition) is 8. The first kappa shape index (κ1) is 21.4. The van der Waals surface area contributed by atoms with Crippen LogP contribution in [0.5, 0.6) is 17.2 Å². The van der Waals surface area contributed by atoms with Crippen molar-refractivity contribution >= 4 is 29.0 Å². The first-order valence-electron chi connectivity index (χ1n) is 9.63. The van der Waals surface area contributed by atoms with Gasteiger partial charge in [-0.3, -0.25) is 4.79 Å². The van der Waals surface area contributed by atoms with E-state index in [9.17, 15) is 4.79 Å². The van der Waals surface area contributed by atoms with Crippen LogP contribution < -0.4 is 19.5 Å². The van der Waals surface area contributed by atoms with E-state index in [1.54, 1.807) is 44.0 Å². The molecule has 0 fully saturated rings. The minimum absolute atomic E-state index is 0.126. The number of thioether (sulfide) groups is 1. The molecule has 0 atom stereocenters. The summed E-state index contributed by atoms with van der Waals surface area (Å²) in [5.74, 6) is 1.81. The molecule has 9 nitrogen and oxygen atoms in total. The van der Waals surface area contributed by atoms with Crippen molar-refractivity contribution < 1.29 is 19.0 Å². The van der Waals surface area contributed by atoms with Crippen molar-refractivity contribution in [2.75, 3.05) is 32.4 Å². The zero-order valence-corrected chi connectivity index (χ0v) is 18.5. The Labute approximate surface area is 188 Å². The molecule has 0 saturated heterocycles. The second-order valence-corrected chi connectivity index (χ2v) is 7.55. The molecule has 4 aromatic rings. The summed E-state index contributed by atoms with van der Waals surface area (Å²) in [7, 11) is 4.73. The Kier molecular flexibility index (Phi) is 6.41. The number of carbonyl (C=O) groups is 1. The molecule has 0 aliphatic rings. The Morgan fingerprint density at radius 2 is 1.72 bits per heavy atom. The summed E-state index contributed by atoms with van der Waals surface area (Å²) in [6, 6.07) is 16.5. The summed E-state index contributed by atoms with van der Waals surface area (Å²) in [4.78, 5) is 12.5. The van der Waals surface area contributed by atoms with Gasteiger partial charge in [0.25, 0.3) is 0 Å².